The minimum absolute atomic E-state index is 0.0765. The molecule has 0 atom stereocenters. The summed E-state index contributed by atoms with van der Waals surface area (Å²) in [5.41, 5.74) is 1.57. The normalized spacial score (nSPS) is 14.6. The highest BCUT2D eigenvalue weighted by molar-refractivity contribution is 7.89. The molecule has 1 aliphatic heterocycles. The van der Waals surface area contributed by atoms with Gasteiger partial charge in [-0.25, -0.2) is 8.42 Å². The van der Waals surface area contributed by atoms with E-state index >= 15 is 0 Å². The molecule has 2 aromatic carbocycles. The van der Waals surface area contributed by atoms with Crippen LogP contribution in [0.5, 0.6) is 11.5 Å². The van der Waals surface area contributed by atoms with Crippen LogP contribution < -0.4 is 14.8 Å². The van der Waals surface area contributed by atoms with E-state index in [1.807, 2.05) is 18.2 Å². The molecule has 0 saturated carbocycles. The largest absolute Gasteiger partial charge is 0.493 e. The number of nitrogens with one attached hydrogen (secondary N) is 1. The van der Waals surface area contributed by atoms with Crippen molar-refractivity contribution in [2.75, 3.05) is 40.4 Å². The number of ether oxygens (including phenoxy) is 2. The molecule has 1 aliphatic rings. The van der Waals surface area contributed by atoms with E-state index in [1.54, 1.807) is 26.4 Å². The average molecular weight is 433 g/mol. The van der Waals surface area contributed by atoms with Crippen molar-refractivity contribution in [3.8, 4) is 11.5 Å². The minimum Gasteiger partial charge on any atom is -0.493 e. The predicted octanol–water partition coefficient (Wildman–Crippen LogP) is 2.50. The van der Waals surface area contributed by atoms with Crippen LogP contribution in [-0.4, -0.2) is 58.9 Å². The first kappa shape index (κ1) is 22.3. The van der Waals surface area contributed by atoms with Gasteiger partial charge in [0.05, 0.1) is 25.7 Å². The third-order valence-electron chi connectivity index (χ3n) is 5.20. The first-order valence-electron chi connectivity index (χ1n) is 10.0. The Morgan fingerprint density at radius 1 is 1.00 bits per heavy atom. The van der Waals surface area contributed by atoms with Gasteiger partial charge in [0, 0.05) is 18.7 Å². The Balaban J connectivity index is 1.50. The van der Waals surface area contributed by atoms with Crippen molar-refractivity contribution in [2.24, 2.45) is 0 Å². The van der Waals surface area contributed by atoms with Crippen molar-refractivity contribution >= 4 is 15.8 Å². The molecule has 0 aliphatic carbocycles. The zero-order valence-corrected chi connectivity index (χ0v) is 18.2. The number of ketones is 1. The molecule has 0 unspecified atom stereocenters. The predicted molar refractivity (Wildman–Crippen MR) is 115 cm³/mol. The summed E-state index contributed by atoms with van der Waals surface area (Å²) in [7, 11) is -0.263. The standard InChI is InChI=1S/C22H28N2O5S/c1-28-21-10-5-17(15-22(21)29-2)11-12-23-16-20(25)18-6-8-19(9-7-18)30(26,27)24-13-3-4-14-24/h5-10,15,23H,3-4,11-14,16H2,1-2H3. The van der Waals surface area contributed by atoms with Gasteiger partial charge >= 0.3 is 0 Å². The Hall–Kier alpha value is -2.42. The molecule has 30 heavy (non-hydrogen) atoms. The molecule has 0 bridgehead atoms. The fraction of sp³-hybridized carbons (Fsp3) is 0.409. The van der Waals surface area contributed by atoms with Crippen molar-refractivity contribution in [2.45, 2.75) is 24.2 Å². The maximum absolute atomic E-state index is 12.6. The molecule has 1 N–H and O–H groups in total. The quantitative estimate of drug-likeness (QED) is 0.459. The van der Waals surface area contributed by atoms with Crippen molar-refractivity contribution < 1.29 is 22.7 Å². The smallest absolute Gasteiger partial charge is 0.243 e. The molecule has 0 amide bonds. The number of nitrogens with zero attached hydrogens (tertiary/aromatic N) is 1. The Morgan fingerprint density at radius 3 is 2.30 bits per heavy atom. The number of hydrogen-bond donors (Lipinski definition) is 1. The Labute approximate surface area is 178 Å². The van der Waals surface area contributed by atoms with Gasteiger partial charge in [-0.2, -0.15) is 4.31 Å². The molecular formula is C22H28N2O5S. The fourth-order valence-electron chi connectivity index (χ4n) is 3.46. The summed E-state index contributed by atoms with van der Waals surface area (Å²) in [5, 5.41) is 3.14. The first-order valence-corrected chi connectivity index (χ1v) is 11.4. The van der Waals surface area contributed by atoms with Gasteiger partial charge in [-0.1, -0.05) is 18.2 Å². The van der Waals surface area contributed by atoms with E-state index in [4.69, 9.17) is 9.47 Å². The van der Waals surface area contributed by atoms with Crippen LogP contribution in [0.1, 0.15) is 28.8 Å². The highest BCUT2D eigenvalue weighted by Crippen LogP contribution is 2.27. The molecule has 1 heterocycles. The lowest BCUT2D eigenvalue weighted by molar-refractivity contribution is 0.0991. The van der Waals surface area contributed by atoms with Gasteiger partial charge in [-0.15, -0.1) is 0 Å². The maximum atomic E-state index is 12.6. The van der Waals surface area contributed by atoms with Gasteiger partial charge in [0.2, 0.25) is 10.0 Å². The van der Waals surface area contributed by atoms with Gasteiger partial charge < -0.3 is 14.8 Å². The zero-order chi connectivity index (χ0) is 21.6. The average Bonchev–Trinajstić information content (AvgIpc) is 3.32. The van der Waals surface area contributed by atoms with Crippen LogP contribution in [0, 0.1) is 0 Å². The molecule has 162 valence electrons. The van der Waals surface area contributed by atoms with Crippen LogP contribution in [0.2, 0.25) is 0 Å². The highest BCUT2D eigenvalue weighted by Gasteiger charge is 2.27. The number of Topliss-reactive ketones (excluding diaryl/α,β-unsaturated/α-hetero) is 1. The number of hydrogen-bond acceptors (Lipinski definition) is 6. The number of sulfonamides is 1. The van der Waals surface area contributed by atoms with E-state index in [9.17, 15) is 13.2 Å². The van der Waals surface area contributed by atoms with Crippen molar-refractivity contribution in [1.29, 1.82) is 0 Å². The Bertz CT molecular complexity index is 968. The molecule has 8 heteroatoms. The Kier molecular flexibility index (Phi) is 7.47. The number of carbonyl (C=O) groups is 1. The topological polar surface area (TPSA) is 84.9 Å². The van der Waals surface area contributed by atoms with Crippen molar-refractivity contribution in [3.05, 3.63) is 53.6 Å². The number of benzene rings is 2. The summed E-state index contributed by atoms with van der Waals surface area (Å²) >= 11 is 0. The summed E-state index contributed by atoms with van der Waals surface area (Å²) < 4.78 is 37.1. The molecule has 0 aromatic heterocycles. The molecule has 2 aromatic rings. The van der Waals surface area contributed by atoms with E-state index < -0.39 is 10.0 Å². The molecular weight excluding hydrogens is 404 g/mol. The van der Waals surface area contributed by atoms with E-state index in [2.05, 4.69) is 5.32 Å². The molecule has 1 saturated heterocycles. The van der Waals surface area contributed by atoms with Crippen LogP contribution in [0.3, 0.4) is 0 Å². The van der Waals surface area contributed by atoms with Crippen LogP contribution in [-0.2, 0) is 16.4 Å². The minimum atomic E-state index is -3.46. The van der Waals surface area contributed by atoms with Crippen LogP contribution in [0.15, 0.2) is 47.4 Å². The zero-order valence-electron chi connectivity index (χ0n) is 17.4. The van der Waals surface area contributed by atoms with Gasteiger partial charge in [0.25, 0.3) is 0 Å². The fourth-order valence-corrected chi connectivity index (χ4v) is 4.98. The van der Waals surface area contributed by atoms with Gasteiger partial charge in [0.15, 0.2) is 17.3 Å². The second kappa shape index (κ2) is 10.1. The van der Waals surface area contributed by atoms with E-state index in [-0.39, 0.29) is 17.2 Å². The summed E-state index contributed by atoms with van der Waals surface area (Å²) in [6.45, 7) is 1.94. The molecule has 1 fully saturated rings. The highest BCUT2D eigenvalue weighted by atomic mass is 32.2. The summed E-state index contributed by atoms with van der Waals surface area (Å²) in [6, 6.07) is 11.9. The maximum Gasteiger partial charge on any atom is 0.243 e. The van der Waals surface area contributed by atoms with Crippen LogP contribution in [0.4, 0.5) is 0 Å². The summed E-state index contributed by atoms with van der Waals surface area (Å²) in [6.07, 6.45) is 2.52. The number of carbonyl (C=O) groups excluding carboxylic acids is 1. The van der Waals surface area contributed by atoms with Gasteiger partial charge in [0.1, 0.15) is 0 Å². The van der Waals surface area contributed by atoms with Crippen LogP contribution >= 0.6 is 0 Å². The third kappa shape index (κ3) is 5.19. The lowest BCUT2D eigenvalue weighted by Gasteiger charge is -2.15. The summed E-state index contributed by atoms with van der Waals surface area (Å²) in [5.74, 6) is 1.28. The van der Waals surface area contributed by atoms with Crippen molar-refractivity contribution in [1.82, 2.24) is 9.62 Å². The van der Waals surface area contributed by atoms with Crippen LogP contribution in [0.25, 0.3) is 0 Å². The van der Waals surface area contributed by atoms with Gasteiger partial charge in [-0.3, -0.25) is 4.79 Å². The van der Waals surface area contributed by atoms with E-state index in [1.165, 1.54) is 16.4 Å². The lowest BCUT2D eigenvalue weighted by atomic mass is 10.1. The number of rotatable bonds is 10. The van der Waals surface area contributed by atoms with Crippen molar-refractivity contribution in [3.63, 3.8) is 0 Å². The third-order valence-corrected chi connectivity index (χ3v) is 7.12. The second-order valence-electron chi connectivity index (χ2n) is 7.17. The molecule has 0 radical (unpaired) electrons. The monoisotopic (exact) mass is 432 g/mol. The number of methoxy groups -OCH3 is 2. The molecule has 7 nitrogen and oxygen atoms in total. The summed E-state index contributed by atoms with van der Waals surface area (Å²) in [4.78, 5) is 12.6. The van der Waals surface area contributed by atoms with E-state index in [0.29, 0.717) is 36.7 Å². The molecule has 3 rings (SSSR count). The SMILES string of the molecule is COc1ccc(CCNCC(=O)c2ccc(S(=O)(=O)N3CCCC3)cc2)cc1OC. The lowest BCUT2D eigenvalue weighted by Crippen LogP contribution is -2.28. The molecule has 0 spiro atoms. The Morgan fingerprint density at radius 2 is 1.67 bits per heavy atom. The second-order valence-corrected chi connectivity index (χ2v) is 9.11. The first-order chi connectivity index (χ1) is 14.5. The van der Waals surface area contributed by atoms with E-state index in [0.717, 1.165) is 24.8 Å². The van der Waals surface area contributed by atoms with Gasteiger partial charge in [-0.05, 0) is 55.6 Å².